The fraction of sp³-hybridized carbons (Fsp3) is 0.364. The first-order chi connectivity index (χ1) is 6.09. The Labute approximate surface area is 92.3 Å². The maximum atomic E-state index is 2.12. The molecule has 0 spiro atoms. The molecule has 0 aromatic heterocycles. The number of hydrogen-bond acceptors (Lipinski definition) is 1. The van der Waals surface area contributed by atoms with Crippen LogP contribution in [0.2, 0.25) is 0 Å². The molecule has 0 aliphatic heterocycles. The van der Waals surface area contributed by atoms with Gasteiger partial charge in [0.25, 0.3) is 0 Å². The highest BCUT2D eigenvalue weighted by molar-refractivity contribution is 5.85. The maximum absolute atomic E-state index is 2.12. The summed E-state index contributed by atoms with van der Waals surface area (Å²) in [5, 5.41) is 0. The summed E-state index contributed by atoms with van der Waals surface area (Å²) in [6, 6.07) is 0. The van der Waals surface area contributed by atoms with E-state index in [9.17, 15) is 0 Å². The van der Waals surface area contributed by atoms with Crippen LogP contribution in [-0.2, 0) is 0 Å². The summed E-state index contributed by atoms with van der Waals surface area (Å²) in [6.07, 6.45) is 10.6. The molecule has 78 valence electrons. The van der Waals surface area contributed by atoms with Crippen molar-refractivity contribution in [2.24, 2.45) is 0 Å². The third kappa shape index (κ3) is 3.79. The summed E-state index contributed by atoms with van der Waals surface area (Å²) in [4.78, 5) is 2.06. The lowest BCUT2D eigenvalue weighted by molar-refractivity contribution is -0.458. The maximum Gasteiger partial charge on any atom is 0.170 e. The van der Waals surface area contributed by atoms with Crippen LogP contribution >= 0.6 is 0 Å². The summed E-state index contributed by atoms with van der Waals surface area (Å²) < 4.78 is 2.06. The average molecular weight is 213 g/mol. The first-order valence-electron chi connectivity index (χ1n) is 4.38. The highest BCUT2D eigenvalue weighted by atomic mass is 35.5. The molecule has 0 unspecified atom stereocenters. The fourth-order valence-corrected chi connectivity index (χ4v) is 1.24. The minimum Gasteiger partial charge on any atom is -1.00 e. The van der Waals surface area contributed by atoms with Crippen molar-refractivity contribution in [3.8, 4) is 0 Å². The van der Waals surface area contributed by atoms with Crippen molar-refractivity contribution in [1.29, 1.82) is 0 Å². The molecule has 0 heterocycles. The second kappa shape index (κ2) is 5.66. The van der Waals surface area contributed by atoms with E-state index in [0.29, 0.717) is 0 Å². The van der Waals surface area contributed by atoms with Crippen LogP contribution in [0.25, 0.3) is 0 Å². The van der Waals surface area contributed by atoms with Crippen molar-refractivity contribution in [2.75, 3.05) is 28.2 Å². The average Bonchev–Trinajstić information content (AvgIpc) is 2.34. The third-order valence-electron chi connectivity index (χ3n) is 1.68. The van der Waals surface area contributed by atoms with Crippen molar-refractivity contribution in [3.05, 3.63) is 35.6 Å². The highest BCUT2D eigenvalue weighted by Gasteiger charge is 2.07. The number of halogens is 1. The molecule has 3 heteroatoms. The lowest BCUT2D eigenvalue weighted by atomic mass is 10.1. The summed E-state index contributed by atoms with van der Waals surface area (Å²) in [5.41, 5.74) is 2.53. The number of rotatable bonds is 2. The normalized spacial score (nSPS) is 16.3. The van der Waals surface area contributed by atoms with E-state index in [-0.39, 0.29) is 12.4 Å². The standard InChI is InChI=1S/C11H17N2.ClH/c1-12(2)8-10-6-5-7-11(10)9-13(3)4;/h5-9H,1-4H3;1H/q+1;/p-1. The summed E-state index contributed by atoms with van der Waals surface area (Å²) in [6.45, 7) is 0. The van der Waals surface area contributed by atoms with Crippen molar-refractivity contribution in [2.45, 2.75) is 0 Å². The van der Waals surface area contributed by atoms with E-state index in [4.69, 9.17) is 0 Å². The molecule has 0 fully saturated rings. The zero-order valence-electron chi connectivity index (χ0n) is 9.16. The fourth-order valence-electron chi connectivity index (χ4n) is 1.24. The minimum atomic E-state index is 0. The number of nitrogens with zero attached hydrogens (tertiary/aromatic N) is 2. The van der Waals surface area contributed by atoms with Crippen LogP contribution in [-0.4, -0.2) is 43.9 Å². The molecule has 0 amide bonds. The summed E-state index contributed by atoms with van der Waals surface area (Å²) >= 11 is 0. The number of allylic oxidation sites excluding steroid dienone is 5. The number of hydrogen-bond donors (Lipinski definition) is 0. The van der Waals surface area contributed by atoms with Gasteiger partial charge in [-0.25, -0.2) is 4.58 Å². The highest BCUT2D eigenvalue weighted by Crippen LogP contribution is 2.16. The molecule has 0 atom stereocenters. The SMILES string of the molecule is CN(C)/C=C1/C=CC=C1C=[N+](C)C.[Cl-]. The van der Waals surface area contributed by atoms with E-state index in [1.54, 1.807) is 0 Å². The molecule has 1 aliphatic rings. The van der Waals surface area contributed by atoms with E-state index in [1.807, 2.05) is 28.2 Å². The van der Waals surface area contributed by atoms with Crippen molar-refractivity contribution in [1.82, 2.24) is 4.90 Å². The van der Waals surface area contributed by atoms with Crippen molar-refractivity contribution < 1.29 is 17.0 Å². The molecule has 0 N–H and O–H groups in total. The predicted molar refractivity (Wildman–Crippen MR) is 57.2 cm³/mol. The molecule has 1 rings (SSSR count). The molecule has 0 aromatic carbocycles. The first kappa shape index (κ1) is 13.0. The Bertz CT molecular complexity index is 305. The van der Waals surface area contributed by atoms with Crippen LogP contribution < -0.4 is 12.4 Å². The van der Waals surface area contributed by atoms with E-state index in [1.165, 1.54) is 11.1 Å². The molecule has 1 aliphatic carbocycles. The lowest BCUT2D eigenvalue weighted by Crippen LogP contribution is -3.00. The van der Waals surface area contributed by atoms with Crippen molar-refractivity contribution >= 4 is 6.21 Å². The Hall–Kier alpha value is -1.02. The van der Waals surface area contributed by atoms with E-state index in [2.05, 4.69) is 40.1 Å². The molecule has 0 saturated heterocycles. The van der Waals surface area contributed by atoms with Gasteiger partial charge >= 0.3 is 0 Å². The van der Waals surface area contributed by atoms with Gasteiger partial charge in [-0.2, -0.15) is 0 Å². The Morgan fingerprint density at radius 1 is 1.29 bits per heavy atom. The Balaban J connectivity index is 0.00000169. The van der Waals surface area contributed by atoms with Crippen LogP contribution in [0.1, 0.15) is 0 Å². The van der Waals surface area contributed by atoms with Crippen LogP contribution in [0.15, 0.2) is 35.6 Å². The second-order valence-corrected chi connectivity index (χ2v) is 3.62. The Morgan fingerprint density at radius 2 is 1.93 bits per heavy atom. The largest absolute Gasteiger partial charge is 1.00 e. The van der Waals surface area contributed by atoms with Gasteiger partial charge in [-0.15, -0.1) is 0 Å². The molecule has 14 heavy (non-hydrogen) atoms. The molecule has 0 saturated carbocycles. The summed E-state index contributed by atoms with van der Waals surface area (Å²) in [7, 11) is 8.14. The van der Waals surface area contributed by atoms with Crippen LogP contribution in [0.4, 0.5) is 0 Å². The van der Waals surface area contributed by atoms with Gasteiger partial charge in [0.15, 0.2) is 6.21 Å². The molecule has 0 aromatic rings. The molecule has 0 bridgehead atoms. The molecule has 0 radical (unpaired) electrons. The topological polar surface area (TPSA) is 6.25 Å². The quantitative estimate of drug-likeness (QED) is 0.390. The zero-order valence-corrected chi connectivity index (χ0v) is 9.92. The van der Waals surface area contributed by atoms with E-state index in [0.717, 1.165) is 0 Å². The predicted octanol–water partition coefficient (Wildman–Crippen LogP) is -1.72. The van der Waals surface area contributed by atoms with Crippen LogP contribution in [0.5, 0.6) is 0 Å². The third-order valence-corrected chi connectivity index (χ3v) is 1.68. The Morgan fingerprint density at radius 3 is 2.43 bits per heavy atom. The van der Waals surface area contributed by atoms with Gasteiger partial charge in [-0.3, -0.25) is 0 Å². The monoisotopic (exact) mass is 212 g/mol. The van der Waals surface area contributed by atoms with Gasteiger partial charge in [-0.05, 0) is 6.08 Å². The Kier molecular flexibility index (Phi) is 5.24. The van der Waals surface area contributed by atoms with E-state index < -0.39 is 0 Å². The lowest BCUT2D eigenvalue weighted by Gasteiger charge is -2.06. The van der Waals surface area contributed by atoms with Gasteiger partial charge in [0, 0.05) is 31.4 Å². The molecule has 2 nitrogen and oxygen atoms in total. The van der Waals surface area contributed by atoms with Crippen molar-refractivity contribution in [3.63, 3.8) is 0 Å². The molecular formula is C11H17ClN2. The molecular weight excluding hydrogens is 196 g/mol. The van der Waals surface area contributed by atoms with Gasteiger partial charge < -0.3 is 17.3 Å². The summed E-state index contributed by atoms with van der Waals surface area (Å²) in [5.74, 6) is 0. The van der Waals surface area contributed by atoms with Crippen LogP contribution in [0, 0.1) is 0 Å². The first-order valence-corrected chi connectivity index (χ1v) is 4.38. The zero-order chi connectivity index (χ0) is 9.84. The van der Waals surface area contributed by atoms with Gasteiger partial charge in [0.05, 0.1) is 0 Å². The van der Waals surface area contributed by atoms with Gasteiger partial charge in [0.1, 0.15) is 14.1 Å². The second-order valence-electron chi connectivity index (χ2n) is 3.62. The minimum absolute atomic E-state index is 0. The van der Waals surface area contributed by atoms with Gasteiger partial charge in [0.2, 0.25) is 0 Å². The van der Waals surface area contributed by atoms with Crippen LogP contribution in [0.3, 0.4) is 0 Å². The van der Waals surface area contributed by atoms with E-state index >= 15 is 0 Å². The smallest absolute Gasteiger partial charge is 0.170 e. The van der Waals surface area contributed by atoms with Gasteiger partial charge in [-0.1, -0.05) is 12.2 Å².